The summed E-state index contributed by atoms with van der Waals surface area (Å²) in [5.41, 5.74) is 0. The number of rotatable bonds is 5. The number of nitrogens with one attached hydrogen (secondary N) is 1. The fourth-order valence-corrected chi connectivity index (χ4v) is 1.37. The Bertz CT molecular complexity index is 415. The third kappa shape index (κ3) is 3.14. The first kappa shape index (κ1) is 10.8. The van der Waals surface area contributed by atoms with E-state index < -0.39 is 0 Å². The van der Waals surface area contributed by atoms with Gasteiger partial charge in [0.1, 0.15) is 11.5 Å². The summed E-state index contributed by atoms with van der Waals surface area (Å²) >= 11 is 0. The van der Waals surface area contributed by atoms with Gasteiger partial charge in [0.05, 0.1) is 19.1 Å². The summed E-state index contributed by atoms with van der Waals surface area (Å²) in [5, 5.41) is 3.33. The van der Waals surface area contributed by atoms with Gasteiger partial charge >= 0.3 is 0 Å². The highest BCUT2D eigenvalue weighted by atomic mass is 16.3. The monoisotopic (exact) mass is 217 g/mol. The van der Waals surface area contributed by atoms with Crippen LogP contribution in [-0.4, -0.2) is 6.04 Å². The van der Waals surface area contributed by atoms with Crippen molar-refractivity contribution in [3.05, 3.63) is 54.4 Å². The van der Waals surface area contributed by atoms with Crippen LogP contribution in [0.5, 0.6) is 0 Å². The molecule has 2 rings (SSSR count). The topological polar surface area (TPSA) is 38.3 Å². The van der Waals surface area contributed by atoms with Crippen LogP contribution < -0.4 is 5.32 Å². The number of hydrogen-bond acceptors (Lipinski definition) is 3. The molecule has 2 aromatic heterocycles. The summed E-state index contributed by atoms with van der Waals surface area (Å²) in [5.74, 6) is 1.81. The molecule has 0 saturated carbocycles. The van der Waals surface area contributed by atoms with Crippen molar-refractivity contribution in [3.8, 4) is 0 Å². The van der Waals surface area contributed by atoms with Gasteiger partial charge in [0, 0.05) is 6.04 Å². The molecule has 0 fully saturated rings. The lowest BCUT2D eigenvalue weighted by atomic mass is 10.2. The second-order valence-electron chi connectivity index (χ2n) is 3.62. The van der Waals surface area contributed by atoms with E-state index in [0.29, 0.717) is 0 Å². The average molecular weight is 217 g/mol. The summed E-state index contributed by atoms with van der Waals surface area (Å²) in [4.78, 5) is 0. The van der Waals surface area contributed by atoms with Crippen LogP contribution in [0.3, 0.4) is 0 Å². The maximum Gasteiger partial charge on any atom is 0.126 e. The predicted octanol–water partition coefficient (Wildman–Crippen LogP) is 3.06. The van der Waals surface area contributed by atoms with Crippen molar-refractivity contribution < 1.29 is 8.83 Å². The van der Waals surface area contributed by atoms with Gasteiger partial charge in [-0.25, -0.2) is 0 Å². The molecule has 0 aliphatic heterocycles. The Kier molecular flexibility index (Phi) is 3.62. The molecule has 84 valence electrons. The Labute approximate surface area is 94.8 Å². The molecule has 0 amide bonds. The van der Waals surface area contributed by atoms with Crippen LogP contribution >= 0.6 is 0 Å². The molecule has 0 aliphatic carbocycles. The summed E-state index contributed by atoms with van der Waals surface area (Å²) < 4.78 is 10.4. The number of furan rings is 2. The molecule has 0 spiro atoms. The summed E-state index contributed by atoms with van der Waals surface area (Å²) in [6, 6.07) is 7.92. The maximum absolute atomic E-state index is 5.23. The Hall–Kier alpha value is -1.74. The van der Waals surface area contributed by atoms with E-state index in [1.165, 1.54) is 0 Å². The van der Waals surface area contributed by atoms with Crippen molar-refractivity contribution in [1.82, 2.24) is 5.32 Å². The highest BCUT2D eigenvalue weighted by Crippen LogP contribution is 2.04. The van der Waals surface area contributed by atoms with Crippen molar-refractivity contribution in [2.45, 2.75) is 19.5 Å². The lowest BCUT2D eigenvalue weighted by molar-refractivity contribution is 0.474. The van der Waals surface area contributed by atoms with E-state index in [-0.39, 0.29) is 6.04 Å². The molecule has 3 heteroatoms. The summed E-state index contributed by atoms with van der Waals surface area (Å²) in [7, 11) is 0. The zero-order chi connectivity index (χ0) is 11.2. The van der Waals surface area contributed by atoms with Gasteiger partial charge < -0.3 is 14.2 Å². The van der Waals surface area contributed by atoms with E-state index in [4.69, 9.17) is 8.83 Å². The number of hydrogen-bond donors (Lipinski definition) is 1. The molecule has 1 N–H and O–H groups in total. The van der Waals surface area contributed by atoms with Crippen molar-refractivity contribution in [3.63, 3.8) is 0 Å². The summed E-state index contributed by atoms with van der Waals surface area (Å²) in [6.45, 7) is 2.82. The fourth-order valence-electron chi connectivity index (χ4n) is 1.37. The van der Waals surface area contributed by atoms with E-state index in [2.05, 4.69) is 18.3 Å². The minimum Gasteiger partial charge on any atom is -0.468 e. The highest BCUT2D eigenvalue weighted by Gasteiger charge is 1.99. The largest absolute Gasteiger partial charge is 0.468 e. The molecule has 1 atom stereocenters. The van der Waals surface area contributed by atoms with E-state index in [1.807, 2.05) is 30.3 Å². The molecule has 0 aromatic carbocycles. The molecule has 2 aromatic rings. The van der Waals surface area contributed by atoms with Gasteiger partial charge in [-0.1, -0.05) is 6.08 Å². The van der Waals surface area contributed by atoms with Crippen LogP contribution in [0.25, 0.3) is 6.08 Å². The lowest BCUT2D eigenvalue weighted by Gasteiger charge is -2.06. The van der Waals surface area contributed by atoms with E-state index in [9.17, 15) is 0 Å². The van der Waals surface area contributed by atoms with Crippen LogP contribution in [0.4, 0.5) is 0 Å². The fraction of sp³-hybridized carbons (Fsp3) is 0.231. The van der Waals surface area contributed by atoms with E-state index >= 15 is 0 Å². The first-order valence-corrected chi connectivity index (χ1v) is 5.32. The van der Waals surface area contributed by atoms with Gasteiger partial charge in [0.15, 0.2) is 0 Å². The standard InChI is InChI=1S/C13H15NO2/c1-11(6-7-12-4-2-8-15-12)14-10-13-5-3-9-16-13/h2-9,11,14H,10H2,1H3. The molecule has 0 aliphatic rings. The molecule has 3 nitrogen and oxygen atoms in total. The van der Waals surface area contributed by atoms with Crippen LogP contribution in [0.15, 0.2) is 51.7 Å². The zero-order valence-corrected chi connectivity index (χ0v) is 9.22. The normalized spacial score (nSPS) is 13.3. The Morgan fingerprint density at radius 2 is 2.06 bits per heavy atom. The second kappa shape index (κ2) is 5.37. The molecule has 0 saturated heterocycles. The Balaban J connectivity index is 1.78. The molecule has 0 bridgehead atoms. The second-order valence-corrected chi connectivity index (χ2v) is 3.62. The molecule has 0 radical (unpaired) electrons. The van der Waals surface area contributed by atoms with Gasteiger partial charge in [-0.05, 0) is 37.3 Å². The van der Waals surface area contributed by atoms with E-state index in [1.54, 1.807) is 12.5 Å². The minimum absolute atomic E-state index is 0.273. The first-order valence-electron chi connectivity index (χ1n) is 5.32. The first-order chi connectivity index (χ1) is 7.84. The van der Waals surface area contributed by atoms with Gasteiger partial charge in [-0.2, -0.15) is 0 Å². The van der Waals surface area contributed by atoms with Gasteiger partial charge in [-0.15, -0.1) is 0 Å². The Morgan fingerprint density at radius 1 is 1.25 bits per heavy atom. The predicted molar refractivity (Wildman–Crippen MR) is 62.8 cm³/mol. The molecule has 2 heterocycles. The van der Waals surface area contributed by atoms with Crippen LogP contribution in [0.1, 0.15) is 18.4 Å². The van der Waals surface area contributed by atoms with Crippen LogP contribution in [0, 0.1) is 0 Å². The minimum atomic E-state index is 0.273. The molecular formula is C13H15NO2. The smallest absolute Gasteiger partial charge is 0.126 e. The Morgan fingerprint density at radius 3 is 2.75 bits per heavy atom. The SMILES string of the molecule is CC(C=Cc1ccco1)NCc1ccco1. The lowest BCUT2D eigenvalue weighted by Crippen LogP contribution is -2.22. The van der Waals surface area contributed by atoms with Crippen molar-refractivity contribution in [1.29, 1.82) is 0 Å². The van der Waals surface area contributed by atoms with Crippen molar-refractivity contribution in [2.24, 2.45) is 0 Å². The maximum atomic E-state index is 5.23. The third-order valence-electron chi connectivity index (χ3n) is 2.27. The van der Waals surface area contributed by atoms with Crippen LogP contribution in [-0.2, 0) is 6.54 Å². The van der Waals surface area contributed by atoms with Crippen LogP contribution in [0.2, 0.25) is 0 Å². The molecular weight excluding hydrogens is 202 g/mol. The summed E-state index contributed by atoms with van der Waals surface area (Å²) in [6.07, 6.45) is 7.36. The molecule has 1 unspecified atom stereocenters. The van der Waals surface area contributed by atoms with Gasteiger partial charge in [0.2, 0.25) is 0 Å². The highest BCUT2D eigenvalue weighted by molar-refractivity contribution is 5.42. The van der Waals surface area contributed by atoms with Crippen molar-refractivity contribution >= 4 is 6.08 Å². The van der Waals surface area contributed by atoms with E-state index in [0.717, 1.165) is 18.1 Å². The van der Waals surface area contributed by atoms with Crippen molar-refractivity contribution in [2.75, 3.05) is 0 Å². The third-order valence-corrected chi connectivity index (χ3v) is 2.27. The van der Waals surface area contributed by atoms with Gasteiger partial charge in [-0.3, -0.25) is 0 Å². The average Bonchev–Trinajstić information content (AvgIpc) is 2.96. The van der Waals surface area contributed by atoms with Gasteiger partial charge in [0.25, 0.3) is 0 Å². The quantitative estimate of drug-likeness (QED) is 0.836. The zero-order valence-electron chi connectivity index (χ0n) is 9.22. The molecule has 16 heavy (non-hydrogen) atoms.